The molecule has 0 aliphatic heterocycles. The first-order chi connectivity index (χ1) is 8.02. The van der Waals surface area contributed by atoms with E-state index in [1.54, 1.807) is 0 Å². The molecule has 1 saturated carbocycles. The van der Waals surface area contributed by atoms with Crippen molar-refractivity contribution in [2.45, 2.75) is 52.5 Å². The summed E-state index contributed by atoms with van der Waals surface area (Å²) in [7, 11) is 0. The molecule has 1 fully saturated rings. The normalized spacial score (nSPS) is 22.9. The zero-order valence-corrected chi connectivity index (χ0v) is 11.7. The second-order valence-corrected chi connectivity index (χ2v) is 5.51. The van der Waals surface area contributed by atoms with Crippen LogP contribution in [0.15, 0.2) is 0 Å². The van der Waals surface area contributed by atoms with Gasteiger partial charge in [-0.2, -0.15) is 0 Å². The Hall–Kier alpha value is -0.830. The van der Waals surface area contributed by atoms with E-state index in [0.717, 1.165) is 23.1 Å². The summed E-state index contributed by atoms with van der Waals surface area (Å²) in [5.74, 6) is 2.83. The third-order valence-electron chi connectivity index (χ3n) is 3.39. The van der Waals surface area contributed by atoms with Gasteiger partial charge in [0.15, 0.2) is 0 Å². The lowest BCUT2D eigenvalue weighted by molar-refractivity contribution is 0.758. The highest BCUT2D eigenvalue weighted by Crippen LogP contribution is 2.37. The van der Waals surface area contributed by atoms with Crippen LogP contribution in [0.3, 0.4) is 0 Å². The van der Waals surface area contributed by atoms with E-state index in [1.807, 2.05) is 6.92 Å². The molecule has 1 aliphatic carbocycles. The maximum absolute atomic E-state index is 6.15. The maximum atomic E-state index is 6.15. The van der Waals surface area contributed by atoms with Crippen LogP contribution in [-0.4, -0.2) is 16.0 Å². The summed E-state index contributed by atoms with van der Waals surface area (Å²) < 4.78 is 0. The fourth-order valence-corrected chi connectivity index (χ4v) is 2.13. The van der Waals surface area contributed by atoms with Gasteiger partial charge >= 0.3 is 0 Å². The van der Waals surface area contributed by atoms with Gasteiger partial charge in [0.25, 0.3) is 0 Å². The highest BCUT2D eigenvalue weighted by atomic mass is 35.5. The second kappa shape index (κ2) is 4.81. The first-order valence-electron chi connectivity index (χ1n) is 6.33. The maximum Gasteiger partial charge on any atom is 0.137 e. The van der Waals surface area contributed by atoms with Crippen LogP contribution in [0.2, 0.25) is 5.15 Å². The Balaban J connectivity index is 2.20. The van der Waals surface area contributed by atoms with Gasteiger partial charge in [-0.05, 0) is 19.3 Å². The van der Waals surface area contributed by atoms with E-state index in [0.29, 0.717) is 17.1 Å². The molecular formula is C13H20ClN3. The van der Waals surface area contributed by atoms with Crippen LogP contribution in [0.5, 0.6) is 0 Å². The number of rotatable bonds is 4. The highest BCUT2D eigenvalue weighted by Gasteiger charge is 2.35. The molecule has 2 unspecified atom stereocenters. The van der Waals surface area contributed by atoms with E-state index < -0.39 is 0 Å². The molecule has 1 heterocycles. The number of aromatic nitrogens is 2. The molecule has 1 N–H and O–H groups in total. The van der Waals surface area contributed by atoms with E-state index in [1.165, 1.54) is 12.8 Å². The molecule has 94 valence electrons. The number of hydrogen-bond donors (Lipinski definition) is 1. The van der Waals surface area contributed by atoms with Crippen molar-refractivity contribution in [3.63, 3.8) is 0 Å². The van der Waals surface area contributed by atoms with Gasteiger partial charge in [-0.3, -0.25) is 0 Å². The van der Waals surface area contributed by atoms with Crippen LogP contribution in [0.25, 0.3) is 0 Å². The molecule has 1 aromatic rings. The fraction of sp³-hybridized carbons (Fsp3) is 0.692. The van der Waals surface area contributed by atoms with Crippen LogP contribution < -0.4 is 5.32 Å². The average Bonchev–Trinajstić information content (AvgIpc) is 3.02. The number of halogens is 1. The van der Waals surface area contributed by atoms with Gasteiger partial charge in [-0.25, -0.2) is 9.97 Å². The van der Waals surface area contributed by atoms with E-state index >= 15 is 0 Å². The Kier molecular flexibility index (Phi) is 3.57. The molecule has 2 rings (SSSR count). The molecule has 0 amide bonds. The lowest BCUT2D eigenvalue weighted by atomic mass is 10.2. The summed E-state index contributed by atoms with van der Waals surface area (Å²) in [5, 5.41) is 4.06. The highest BCUT2D eigenvalue weighted by molar-refractivity contribution is 6.30. The monoisotopic (exact) mass is 253 g/mol. The van der Waals surface area contributed by atoms with E-state index in [2.05, 4.69) is 36.1 Å². The van der Waals surface area contributed by atoms with E-state index in [-0.39, 0.29) is 0 Å². The topological polar surface area (TPSA) is 37.8 Å². The van der Waals surface area contributed by atoms with Crippen molar-refractivity contribution >= 4 is 17.4 Å². The Morgan fingerprint density at radius 3 is 2.65 bits per heavy atom. The molecule has 1 aliphatic rings. The molecule has 4 heteroatoms. The van der Waals surface area contributed by atoms with Gasteiger partial charge in [-0.15, -0.1) is 0 Å². The molecule has 0 aromatic carbocycles. The summed E-state index contributed by atoms with van der Waals surface area (Å²) in [6, 6.07) is 0.574. The predicted molar refractivity (Wildman–Crippen MR) is 71.7 cm³/mol. The smallest absolute Gasteiger partial charge is 0.137 e. The minimum atomic E-state index is 0.301. The molecule has 0 saturated heterocycles. The summed E-state index contributed by atoms with van der Waals surface area (Å²) in [4.78, 5) is 8.89. The van der Waals surface area contributed by atoms with Gasteiger partial charge in [0, 0.05) is 17.5 Å². The lowest BCUT2D eigenvalue weighted by Crippen LogP contribution is -2.11. The minimum Gasteiger partial charge on any atom is -0.367 e. The van der Waals surface area contributed by atoms with Crippen LogP contribution in [0.1, 0.15) is 50.9 Å². The molecule has 1 aromatic heterocycles. The Bertz CT molecular complexity index is 417. The van der Waals surface area contributed by atoms with Crippen molar-refractivity contribution in [2.75, 3.05) is 5.32 Å². The van der Waals surface area contributed by atoms with Crippen molar-refractivity contribution in [1.82, 2.24) is 9.97 Å². The van der Waals surface area contributed by atoms with Crippen LogP contribution in [0.4, 0.5) is 5.82 Å². The minimum absolute atomic E-state index is 0.301. The Morgan fingerprint density at radius 2 is 2.12 bits per heavy atom. The molecule has 3 nitrogen and oxygen atoms in total. The molecule has 2 atom stereocenters. The van der Waals surface area contributed by atoms with Gasteiger partial charge in [0.05, 0.1) is 0 Å². The summed E-state index contributed by atoms with van der Waals surface area (Å²) in [6.07, 6.45) is 2.47. The Labute approximate surface area is 108 Å². The second-order valence-electron chi connectivity index (χ2n) is 5.16. The average molecular weight is 254 g/mol. The third kappa shape index (κ3) is 2.71. The molecule has 0 radical (unpaired) electrons. The van der Waals surface area contributed by atoms with Crippen molar-refractivity contribution in [3.05, 3.63) is 16.5 Å². The van der Waals surface area contributed by atoms with E-state index in [4.69, 9.17) is 11.6 Å². The first kappa shape index (κ1) is 12.6. The van der Waals surface area contributed by atoms with Gasteiger partial charge in [0.2, 0.25) is 0 Å². The van der Waals surface area contributed by atoms with Crippen molar-refractivity contribution in [3.8, 4) is 0 Å². The molecule has 17 heavy (non-hydrogen) atoms. The number of hydrogen-bond acceptors (Lipinski definition) is 3. The summed E-state index contributed by atoms with van der Waals surface area (Å²) >= 11 is 6.15. The lowest BCUT2D eigenvalue weighted by Gasteiger charge is -2.12. The van der Waals surface area contributed by atoms with Crippen LogP contribution in [0, 0.1) is 12.8 Å². The first-order valence-corrected chi connectivity index (χ1v) is 6.71. The zero-order chi connectivity index (χ0) is 12.6. The SMILES string of the molecule is CCC1CC1Nc1nc(C(C)C)nc(Cl)c1C. The summed E-state index contributed by atoms with van der Waals surface area (Å²) in [6.45, 7) is 8.36. The van der Waals surface area contributed by atoms with Crippen molar-refractivity contribution in [2.24, 2.45) is 5.92 Å². The molecule has 0 spiro atoms. The zero-order valence-electron chi connectivity index (χ0n) is 10.9. The fourth-order valence-electron chi connectivity index (χ4n) is 1.96. The standard InChI is InChI=1S/C13H20ClN3/c1-5-9-6-10(9)15-13-8(4)11(14)16-12(17-13)7(2)3/h7,9-10H,5-6H2,1-4H3,(H,15,16,17). The summed E-state index contributed by atoms with van der Waals surface area (Å²) in [5.41, 5.74) is 0.956. The van der Waals surface area contributed by atoms with E-state index in [9.17, 15) is 0 Å². The number of anilines is 1. The van der Waals surface area contributed by atoms with Gasteiger partial charge in [0.1, 0.15) is 16.8 Å². The number of nitrogens with one attached hydrogen (secondary N) is 1. The van der Waals surface area contributed by atoms with Gasteiger partial charge < -0.3 is 5.32 Å². The largest absolute Gasteiger partial charge is 0.367 e. The quantitative estimate of drug-likeness (QED) is 0.830. The third-order valence-corrected chi connectivity index (χ3v) is 3.76. The predicted octanol–water partition coefficient (Wildman–Crippen LogP) is 3.77. The van der Waals surface area contributed by atoms with Crippen molar-refractivity contribution in [1.29, 1.82) is 0 Å². The van der Waals surface area contributed by atoms with Crippen LogP contribution >= 0.6 is 11.6 Å². The van der Waals surface area contributed by atoms with Crippen LogP contribution in [-0.2, 0) is 0 Å². The molecular weight excluding hydrogens is 234 g/mol. The number of nitrogens with zero attached hydrogens (tertiary/aromatic N) is 2. The molecule has 0 bridgehead atoms. The Morgan fingerprint density at radius 1 is 1.41 bits per heavy atom. The van der Waals surface area contributed by atoms with Crippen molar-refractivity contribution < 1.29 is 0 Å². The van der Waals surface area contributed by atoms with Gasteiger partial charge in [-0.1, -0.05) is 38.8 Å².